The number of carbonyl (C=O) groups is 3. The minimum absolute atomic E-state index is 0.0790. The molecule has 3 atom stereocenters. The van der Waals surface area contributed by atoms with E-state index in [0.29, 0.717) is 6.61 Å². The van der Waals surface area contributed by atoms with Gasteiger partial charge in [0.05, 0.1) is 25.2 Å². The zero-order chi connectivity index (χ0) is 23.4. The average molecular weight is 453 g/mol. The summed E-state index contributed by atoms with van der Waals surface area (Å²) in [6.07, 6.45) is 0.296. The number of carboxylic acids is 1. The van der Waals surface area contributed by atoms with Gasteiger partial charge in [0.2, 0.25) is 5.91 Å². The Kier molecular flexibility index (Phi) is 6.93. The number of rotatable bonds is 7. The first-order chi connectivity index (χ1) is 15.9. The smallest absolute Gasteiger partial charge is 0.407 e. The maximum atomic E-state index is 12.7. The summed E-state index contributed by atoms with van der Waals surface area (Å²) < 4.78 is 11.0. The lowest BCUT2D eigenvalue weighted by molar-refractivity contribution is -0.140. The van der Waals surface area contributed by atoms with Crippen molar-refractivity contribution in [1.82, 2.24) is 10.6 Å². The van der Waals surface area contributed by atoms with Crippen LogP contribution in [0.2, 0.25) is 0 Å². The molecule has 33 heavy (non-hydrogen) atoms. The van der Waals surface area contributed by atoms with Gasteiger partial charge in [-0.3, -0.25) is 9.59 Å². The van der Waals surface area contributed by atoms with Crippen LogP contribution in [0, 0.1) is 0 Å². The Hall–Kier alpha value is -3.39. The molecular formula is C25H28N2O6. The van der Waals surface area contributed by atoms with Crippen molar-refractivity contribution in [1.29, 1.82) is 0 Å². The molecule has 4 rings (SSSR count). The second-order valence-corrected chi connectivity index (χ2v) is 8.55. The Balaban J connectivity index is 1.38. The summed E-state index contributed by atoms with van der Waals surface area (Å²) in [5, 5.41) is 14.4. The van der Waals surface area contributed by atoms with Gasteiger partial charge >= 0.3 is 12.1 Å². The highest BCUT2D eigenvalue weighted by Crippen LogP contribution is 2.44. The van der Waals surface area contributed by atoms with E-state index in [1.165, 1.54) is 0 Å². The van der Waals surface area contributed by atoms with E-state index in [0.717, 1.165) is 35.1 Å². The SMILES string of the molecule is CC1CCC(NC(=O)C(CC(=O)O)NC(=O)OCC2c3ccccc3-c3ccccc32)CO1. The van der Waals surface area contributed by atoms with Crippen LogP contribution in [0.5, 0.6) is 0 Å². The molecule has 0 spiro atoms. The van der Waals surface area contributed by atoms with Crippen molar-refractivity contribution in [3.05, 3.63) is 59.7 Å². The summed E-state index contributed by atoms with van der Waals surface area (Å²) in [7, 11) is 0. The second kappa shape index (κ2) is 10.0. The standard InChI is InChI=1S/C25H28N2O6/c1-15-10-11-16(13-32-15)26-24(30)22(12-23(28)29)27-25(31)33-14-21-19-8-4-2-6-17(19)18-7-3-5-9-20(18)21/h2-9,15-16,21-22H,10-14H2,1H3,(H,26,30)(H,27,31)(H,28,29). The molecule has 0 radical (unpaired) electrons. The van der Waals surface area contributed by atoms with Crippen molar-refractivity contribution in [2.24, 2.45) is 0 Å². The fourth-order valence-corrected chi connectivity index (χ4v) is 4.46. The molecule has 2 aromatic carbocycles. The van der Waals surface area contributed by atoms with Crippen LogP contribution in [-0.4, -0.2) is 54.5 Å². The quantitative estimate of drug-likeness (QED) is 0.595. The number of ether oxygens (including phenoxy) is 2. The predicted molar refractivity (Wildman–Crippen MR) is 121 cm³/mol. The minimum Gasteiger partial charge on any atom is -0.481 e. The maximum absolute atomic E-state index is 12.7. The van der Waals surface area contributed by atoms with E-state index >= 15 is 0 Å². The van der Waals surface area contributed by atoms with Crippen molar-refractivity contribution < 1.29 is 29.0 Å². The molecular weight excluding hydrogens is 424 g/mol. The molecule has 2 aromatic rings. The lowest BCUT2D eigenvalue weighted by atomic mass is 9.98. The number of aliphatic carboxylic acids is 1. The third-order valence-corrected chi connectivity index (χ3v) is 6.18. The molecule has 174 valence electrons. The van der Waals surface area contributed by atoms with E-state index in [1.54, 1.807) is 0 Å². The zero-order valence-electron chi connectivity index (χ0n) is 18.5. The number of nitrogens with one attached hydrogen (secondary N) is 2. The molecule has 1 heterocycles. The van der Waals surface area contributed by atoms with Gasteiger partial charge in [-0.15, -0.1) is 0 Å². The summed E-state index contributed by atoms with van der Waals surface area (Å²) in [6.45, 7) is 2.40. The van der Waals surface area contributed by atoms with Crippen LogP contribution in [0.15, 0.2) is 48.5 Å². The first-order valence-electron chi connectivity index (χ1n) is 11.2. The Bertz CT molecular complexity index is 986. The fourth-order valence-electron chi connectivity index (χ4n) is 4.46. The number of carbonyl (C=O) groups excluding carboxylic acids is 2. The highest BCUT2D eigenvalue weighted by molar-refractivity contribution is 5.89. The van der Waals surface area contributed by atoms with Gasteiger partial charge in [-0.1, -0.05) is 48.5 Å². The van der Waals surface area contributed by atoms with Crippen LogP contribution in [0.25, 0.3) is 11.1 Å². The van der Waals surface area contributed by atoms with Crippen LogP contribution in [0.4, 0.5) is 4.79 Å². The minimum atomic E-state index is -1.24. The first-order valence-corrected chi connectivity index (χ1v) is 11.2. The second-order valence-electron chi connectivity index (χ2n) is 8.55. The van der Waals surface area contributed by atoms with Crippen LogP contribution in [0.1, 0.15) is 43.2 Å². The summed E-state index contributed by atoms with van der Waals surface area (Å²) >= 11 is 0. The lowest BCUT2D eigenvalue weighted by Gasteiger charge is -2.28. The van der Waals surface area contributed by atoms with E-state index in [2.05, 4.69) is 10.6 Å². The van der Waals surface area contributed by atoms with E-state index in [4.69, 9.17) is 9.47 Å². The normalized spacial score (nSPS) is 20.3. The lowest BCUT2D eigenvalue weighted by Crippen LogP contribution is -2.52. The Morgan fingerprint density at radius 2 is 1.70 bits per heavy atom. The number of carboxylic acid groups (broad SMARTS) is 1. The Labute approximate surface area is 192 Å². The molecule has 1 fully saturated rings. The molecule has 8 nitrogen and oxygen atoms in total. The van der Waals surface area contributed by atoms with E-state index in [1.807, 2.05) is 55.5 Å². The number of fused-ring (bicyclic) bond motifs is 3. The number of alkyl carbamates (subject to hydrolysis) is 1. The van der Waals surface area contributed by atoms with Gasteiger partial charge in [0.25, 0.3) is 0 Å². The van der Waals surface area contributed by atoms with Crippen molar-refractivity contribution in [3.8, 4) is 11.1 Å². The molecule has 0 bridgehead atoms. The van der Waals surface area contributed by atoms with Crippen LogP contribution >= 0.6 is 0 Å². The van der Waals surface area contributed by atoms with Gasteiger partial charge in [0.15, 0.2) is 0 Å². The van der Waals surface area contributed by atoms with Gasteiger partial charge in [0.1, 0.15) is 12.6 Å². The first kappa shape index (κ1) is 22.8. The van der Waals surface area contributed by atoms with Crippen molar-refractivity contribution in [2.45, 2.75) is 50.3 Å². The van der Waals surface area contributed by atoms with Gasteiger partial charge < -0.3 is 25.2 Å². The van der Waals surface area contributed by atoms with Gasteiger partial charge in [0, 0.05) is 5.92 Å². The van der Waals surface area contributed by atoms with Crippen molar-refractivity contribution >= 4 is 18.0 Å². The van der Waals surface area contributed by atoms with E-state index < -0.39 is 30.4 Å². The molecule has 1 saturated heterocycles. The Morgan fingerprint density at radius 1 is 1.06 bits per heavy atom. The third-order valence-electron chi connectivity index (χ3n) is 6.18. The molecule has 2 amide bonds. The highest BCUT2D eigenvalue weighted by atomic mass is 16.5. The van der Waals surface area contributed by atoms with Crippen LogP contribution in [-0.2, 0) is 19.1 Å². The highest BCUT2D eigenvalue weighted by Gasteiger charge is 2.31. The summed E-state index contributed by atoms with van der Waals surface area (Å²) in [6, 6.07) is 14.5. The third kappa shape index (κ3) is 5.34. The van der Waals surface area contributed by atoms with Gasteiger partial charge in [-0.2, -0.15) is 0 Å². The molecule has 2 aliphatic rings. The van der Waals surface area contributed by atoms with Crippen LogP contribution < -0.4 is 10.6 Å². The fraction of sp³-hybridized carbons (Fsp3) is 0.400. The molecule has 1 aliphatic carbocycles. The zero-order valence-corrected chi connectivity index (χ0v) is 18.5. The predicted octanol–water partition coefficient (Wildman–Crippen LogP) is 3.05. The van der Waals surface area contributed by atoms with Gasteiger partial charge in [-0.25, -0.2) is 4.79 Å². The van der Waals surface area contributed by atoms with Crippen molar-refractivity contribution in [3.63, 3.8) is 0 Å². The molecule has 3 unspecified atom stereocenters. The Morgan fingerprint density at radius 3 is 2.27 bits per heavy atom. The number of hydrogen-bond acceptors (Lipinski definition) is 5. The molecule has 8 heteroatoms. The van der Waals surface area contributed by atoms with E-state index in [9.17, 15) is 19.5 Å². The van der Waals surface area contributed by atoms with Gasteiger partial charge in [-0.05, 0) is 42.0 Å². The molecule has 0 aromatic heterocycles. The van der Waals surface area contributed by atoms with E-state index in [-0.39, 0.29) is 24.7 Å². The largest absolute Gasteiger partial charge is 0.481 e. The summed E-state index contributed by atoms with van der Waals surface area (Å²) in [4.78, 5) is 36.5. The average Bonchev–Trinajstić information content (AvgIpc) is 3.12. The summed E-state index contributed by atoms with van der Waals surface area (Å²) in [5.74, 6) is -1.88. The monoisotopic (exact) mass is 452 g/mol. The number of hydrogen-bond donors (Lipinski definition) is 3. The molecule has 1 aliphatic heterocycles. The summed E-state index contributed by atoms with van der Waals surface area (Å²) in [5.41, 5.74) is 4.35. The van der Waals surface area contributed by atoms with Crippen LogP contribution in [0.3, 0.4) is 0 Å². The van der Waals surface area contributed by atoms with Crippen molar-refractivity contribution in [2.75, 3.05) is 13.2 Å². The molecule has 3 N–H and O–H groups in total. The maximum Gasteiger partial charge on any atom is 0.407 e. The number of benzene rings is 2. The topological polar surface area (TPSA) is 114 Å². The molecule has 0 saturated carbocycles. The number of amides is 2.